The molecular weight excluding hydrogens is 162 g/mol. The third-order valence-electron chi connectivity index (χ3n) is 4.23. The van der Waals surface area contributed by atoms with Gasteiger partial charge in [-0.15, -0.1) is 0 Å². The molecule has 2 aliphatic rings. The van der Waals surface area contributed by atoms with Crippen molar-refractivity contribution in [2.24, 2.45) is 17.1 Å². The molecule has 0 saturated heterocycles. The van der Waals surface area contributed by atoms with Crippen LogP contribution in [0.5, 0.6) is 0 Å². The molecule has 13 heavy (non-hydrogen) atoms. The minimum atomic E-state index is -0.103. The molecule has 2 saturated carbocycles. The summed E-state index contributed by atoms with van der Waals surface area (Å²) in [4.78, 5) is 0. The molecule has 3 N–H and O–H groups in total. The molecule has 0 aliphatic heterocycles. The number of nitrogens with two attached hydrogens (primary N) is 1. The van der Waals surface area contributed by atoms with E-state index in [0.717, 1.165) is 12.8 Å². The van der Waals surface area contributed by atoms with Crippen LogP contribution in [0.15, 0.2) is 0 Å². The van der Waals surface area contributed by atoms with E-state index in [4.69, 9.17) is 5.73 Å². The van der Waals surface area contributed by atoms with Crippen molar-refractivity contribution >= 4 is 0 Å². The predicted molar refractivity (Wildman–Crippen MR) is 53.3 cm³/mol. The number of hydrogen-bond donors (Lipinski definition) is 2. The summed E-state index contributed by atoms with van der Waals surface area (Å²) >= 11 is 0. The van der Waals surface area contributed by atoms with Crippen LogP contribution in [0.1, 0.15) is 44.9 Å². The molecule has 2 aliphatic carbocycles. The molecule has 0 aromatic heterocycles. The van der Waals surface area contributed by atoms with E-state index in [9.17, 15) is 5.11 Å². The highest BCUT2D eigenvalue weighted by Crippen LogP contribution is 2.46. The van der Waals surface area contributed by atoms with Crippen molar-refractivity contribution in [3.63, 3.8) is 0 Å². The van der Waals surface area contributed by atoms with Crippen molar-refractivity contribution in [2.45, 2.75) is 51.0 Å². The molecule has 0 amide bonds. The van der Waals surface area contributed by atoms with Gasteiger partial charge in [0.2, 0.25) is 0 Å². The molecule has 0 heterocycles. The first-order valence-corrected chi connectivity index (χ1v) is 5.67. The minimum absolute atomic E-state index is 0.102. The van der Waals surface area contributed by atoms with Gasteiger partial charge in [-0.3, -0.25) is 0 Å². The predicted octanol–water partition coefficient (Wildman–Crippen LogP) is 1.67. The van der Waals surface area contributed by atoms with E-state index in [1.54, 1.807) is 0 Å². The van der Waals surface area contributed by atoms with Crippen molar-refractivity contribution in [1.82, 2.24) is 0 Å². The second-order valence-corrected chi connectivity index (χ2v) is 4.91. The van der Waals surface area contributed by atoms with E-state index in [1.165, 1.54) is 32.1 Å². The summed E-state index contributed by atoms with van der Waals surface area (Å²) in [7, 11) is 0. The molecule has 0 unspecified atom stereocenters. The van der Waals surface area contributed by atoms with Crippen molar-refractivity contribution < 1.29 is 5.11 Å². The highest BCUT2D eigenvalue weighted by Gasteiger charge is 2.44. The summed E-state index contributed by atoms with van der Waals surface area (Å²) in [5, 5.41) is 10.2. The van der Waals surface area contributed by atoms with Crippen molar-refractivity contribution in [1.29, 1.82) is 0 Å². The van der Waals surface area contributed by atoms with Gasteiger partial charge in [-0.05, 0) is 31.6 Å². The molecular formula is C11H21NO. The quantitative estimate of drug-likeness (QED) is 0.699. The summed E-state index contributed by atoms with van der Waals surface area (Å²) in [6.07, 6.45) is 8.49. The van der Waals surface area contributed by atoms with Gasteiger partial charge in [0, 0.05) is 12.0 Å². The first-order valence-electron chi connectivity index (χ1n) is 5.67. The van der Waals surface area contributed by atoms with Crippen LogP contribution in [-0.4, -0.2) is 17.8 Å². The maximum atomic E-state index is 10.2. The molecule has 1 atom stereocenters. The number of rotatable bonds is 3. The number of aliphatic hydroxyl groups is 1. The normalized spacial score (nSPS) is 30.0. The van der Waals surface area contributed by atoms with Crippen molar-refractivity contribution in [2.75, 3.05) is 6.54 Å². The smallest absolute Gasteiger partial charge is 0.0636 e. The zero-order valence-corrected chi connectivity index (χ0v) is 8.34. The second kappa shape index (κ2) is 3.58. The Kier molecular flexibility index (Phi) is 2.61. The summed E-state index contributed by atoms with van der Waals surface area (Å²) in [6.45, 7) is 0.685. The molecule has 2 fully saturated rings. The van der Waals surface area contributed by atoms with E-state index in [-0.39, 0.29) is 11.5 Å². The fourth-order valence-electron chi connectivity index (χ4n) is 2.96. The van der Waals surface area contributed by atoms with E-state index in [1.807, 2.05) is 0 Å². The molecule has 2 heteroatoms. The Balaban J connectivity index is 2.01. The summed E-state index contributed by atoms with van der Waals surface area (Å²) in [5.74, 6) is 0.571. The Labute approximate surface area is 80.5 Å². The first kappa shape index (κ1) is 9.47. The lowest BCUT2D eigenvalue weighted by molar-refractivity contribution is -0.0378. The Hall–Kier alpha value is -0.0800. The van der Waals surface area contributed by atoms with Gasteiger partial charge < -0.3 is 10.8 Å². The largest absolute Gasteiger partial charge is 0.392 e. The van der Waals surface area contributed by atoms with Gasteiger partial charge in [-0.2, -0.15) is 0 Å². The molecule has 2 nitrogen and oxygen atoms in total. The zero-order valence-electron chi connectivity index (χ0n) is 8.34. The maximum Gasteiger partial charge on any atom is 0.0636 e. The topological polar surface area (TPSA) is 46.2 Å². The molecule has 0 aromatic rings. The number of aliphatic hydroxyl groups excluding tert-OH is 1. The average molecular weight is 183 g/mol. The van der Waals surface area contributed by atoms with Crippen LogP contribution < -0.4 is 5.73 Å². The third kappa shape index (κ3) is 1.50. The molecule has 0 spiro atoms. The van der Waals surface area contributed by atoms with Gasteiger partial charge in [-0.25, -0.2) is 0 Å². The first-order chi connectivity index (χ1) is 6.28. The monoisotopic (exact) mass is 183 g/mol. The molecule has 0 radical (unpaired) electrons. The fourth-order valence-corrected chi connectivity index (χ4v) is 2.96. The van der Waals surface area contributed by atoms with E-state index >= 15 is 0 Å². The highest BCUT2D eigenvalue weighted by molar-refractivity contribution is 4.96. The van der Waals surface area contributed by atoms with Crippen LogP contribution in [0, 0.1) is 11.3 Å². The van der Waals surface area contributed by atoms with Crippen LogP contribution >= 0.6 is 0 Å². The third-order valence-corrected chi connectivity index (χ3v) is 4.23. The highest BCUT2D eigenvalue weighted by atomic mass is 16.3. The van der Waals surface area contributed by atoms with E-state index in [2.05, 4.69) is 0 Å². The summed E-state index contributed by atoms with van der Waals surface area (Å²) in [6, 6.07) is 0. The van der Waals surface area contributed by atoms with Crippen LogP contribution in [0.2, 0.25) is 0 Å². The second-order valence-electron chi connectivity index (χ2n) is 4.91. The maximum absolute atomic E-state index is 10.2. The standard InChI is InChI=1S/C11H21NO/c12-8-11(6-1-2-7-11)10(13)9-4-3-5-9/h9-10,13H,1-8,12H2/t10-/m0/s1. The lowest BCUT2D eigenvalue weighted by Gasteiger charge is -2.41. The molecule has 2 rings (SSSR count). The van der Waals surface area contributed by atoms with E-state index < -0.39 is 0 Å². The van der Waals surface area contributed by atoms with Crippen LogP contribution in [0.4, 0.5) is 0 Å². The van der Waals surface area contributed by atoms with Crippen LogP contribution in [-0.2, 0) is 0 Å². The SMILES string of the molecule is NCC1([C@@H](O)C2CCC2)CCCC1. The minimum Gasteiger partial charge on any atom is -0.392 e. The van der Waals surface area contributed by atoms with Crippen molar-refractivity contribution in [3.05, 3.63) is 0 Å². The Morgan fingerprint density at radius 2 is 1.85 bits per heavy atom. The fraction of sp³-hybridized carbons (Fsp3) is 1.00. The Bertz CT molecular complexity index is 171. The number of hydrogen-bond acceptors (Lipinski definition) is 2. The van der Waals surface area contributed by atoms with Gasteiger partial charge >= 0.3 is 0 Å². The lowest BCUT2D eigenvalue weighted by Crippen LogP contribution is -2.45. The van der Waals surface area contributed by atoms with Gasteiger partial charge in [-0.1, -0.05) is 19.3 Å². The lowest BCUT2D eigenvalue weighted by atomic mass is 9.68. The molecule has 76 valence electrons. The van der Waals surface area contributed by atoms with Crippen LogP contribution in [0.25, 0.3) is 0 Å². The Morgan fingerprint density at radius 1 is 1.23 bits per heavy atom. The van der Waals surface area contributed by atoms with Gasteiger partial charge in [0.05, 0.1) is 6.10 Å². The summed E-state index contributed by atoms with van der Waals surface area (Å²) in [5.41, 5.74) is 5.93. The van der Waals surface area contributed by atoms with Crippen molar-refractivity contribution in [3.8, 4) is 0 Å². The summed E-state index contributed by atoms with van der Waals surface area (Å²) < 4.78 is 0. The van der Waals surface area contributed by atoms with E-state index in [0.29, 0.717) is 12.5 Å². The van der Waals surface area contributed by atoms with Gasteiger partial charge in [0.15, 0.2) is 0 Å². The van der Waals surface area contributed by atoms with Gasteiger partial charge in [0.1, 0.15) is 0 Å². The molecule has 0 bridgehead atoms. The average Bonchev–Trinajstić information content (AvgIpc) is 2.49. The Morgan fingerprint density at radius 3 is 2.23 bits per heavy atom. The van der Waals surface area contributed by atoms with Crippen LogP contribution in [0.3, 0.4) is 0 Å². The zero-order chi connectivity index (χ0) is 9.31. The molecule has 0 aromatic carbocycles. The van der Waals surface area contributed by atoms with Gasteiger partial charge in [0.25, 0.3) is 0 Å².